The van der Waals surface area contributed by atoms with Crippen LogP contribution in [-0.4, -0.2) is 14.2 Å². The van der Waals surface area contributed by atoms with Gasteiger partial charge in [-0.2, -0.15) is 0 Å². The standard InChI is InChI=1S/C13H10ClN3O2S/c14-10-6-16-4-3-8(10)7-20(18)13-17-11-5-9(15)1-2-12(11)19-13/h1-6H,7,15H2. The van der Waals surface area contributed by atoms with Crippen molar-refractivity contribution in [3.8, 4) is 0 Å². The van der Waals surface area contributed by atoms with E-state index in [4.69, 9.17) is 21.8 Å². The van der Waals surface area contributed by atoms with Crippen molar-refractivity contribution in [2.45, 2.75) is 11.0 Å². The minimum Gasteiger partial charge on any atom is -0.430 e. The van der Waals surface area contributed by atoms with Crippen LogP contribution in [0.4, 0.5) is 5.69 Å². The van der Waals surface area contributed by atoms with E-state index in [0.717, 1.165) is 5.56 Å². The molecule has 0 aliphatic carbocycles. The number of pyridine rings is 1. The van der Waals surface area contributed by atoms with Crippen LogP contribution in [0.25, 0.3) is 11.1 Å². The molecular weight excluding hydrogens is 298 g/mol. The van der Waals surface area contributed by atoms with Crippen molar-refractivity contribution >= 4 is 39.2 Å². The third kappa shape index (κ3) is 2.52. The van der Waals surface area contributed by atoms with Gasteiger partial charge in [-0.1, -0.05) is 11.6 Å². The van der Waals surface area contributed by atoms with Crippen LogP contribution >= 0.6 is 11.6 Å². The van der Waals surface area contributed by atoms with Crippen molar-refractivity contribution in [2.75, 3.05) is 5.73 Å². The van der Waals surface area contributed by atoms with Gasteiger partial charge in [0.05, 0.1) is 10.8 Å². The molecule has 0 radical (unpaired) electrons. The highest BCUT2D eigenvalue weighted by molar-refractivity contribution is 7.84. The summed E-state index contributed by atoms with van der Waals surface area (Å²) in [4.78, 5) is 8.08. The number of benzene rings is 1. The fraction of sp³-hybridized carbons (Fsp3) is 0.0769. The van der Waals surface area contributed by atoms with Crippen molar-refractivity contribution in [3.05, 3.63) is 47.2 Å². The van der Waals surface area contributed by atoms with Gasteiger partial charge in [0, 0.05) is 18.1 Å². The van der Waals surface area contributed by atoms with E-state index in [1.54, 1.807) is 30.5 Å². The molecule has 2 N–H and O–H groups in total. The fourth-order valence-electron chi connectivity index (χ4n) is 1.74. The van der Waals surface area contributed by atoms with Gasteiger partial charge < -0.3 is 10.2 Å². The Hall–Kier alpha value is -1.92. The van der Waals surface area contributed by atoms with Crippen LogP contribution in [-0.2, 0) is 16.6 Å². The average molecular weight is 308 g/mol. The highest BCUT2D eigenvalue weighted by Crippen LogP contribution is 2.23. The Balaban J connectivity index is 1.91. The lowest BCUT2D eigenvalue weighted by Crippen LogP contribution is -1.97. The summed E-state index contributed by atoms with van der Waals surface area (Å²) in [6.45, 7) is 0. The van der Waals surface area contributed by atoms with Gasteiger partial charge in [-0.25, -0.2) is 9.19 Å². The van der Waals surface area contributed by atoms with Crippen molar-refractivity contribution in [1.29, 1.82) is 0 Å². The van der Waals surface area contributed by atoms with Crippen LogP contribution in [0.1, 0.15) is 5.56 Å². The Kier molecular flexibility index (Phi) is 3.42. The van der Waals surface area contributed by atoms with Gasteiger partial charge >= 0.3 is 0 Å². The topological polar surface area (TPSA) is 82.0 Å². The Morgan fingerprint density at radius 3 is 3.00 bits per heavy atom. The molecule has 7 heteroatoms. The van der Waals surface area contributed by atoms with E-state index in [9.17, 15) is 4.21 Å². The fourth-order valence-corrected chi connectivity index (χ4v) is 3.05. The molecular formula is C13H10ClN3O2S. The molecule has 0 aliphatic rings. The first-order chi connectivity index (χ1) is 9.63. The number of anilines is 1. The second-order valence-corrected chi connectivity index (χ2v) is 5.90. The number of oxazole rings is 1. The molecule has 2 heterocycles. The van der Waals surface area contributed by atoms with Crippen molar-refractivity contribution in [1.82, 2.24) is 9.97 Å². The molecule has 0 saturated carbocycles. The van der Waals surface area contributed by atoms with Crippen molar-refractivity contribution in [3.63, 3.8) is 0 Å². The maximum Gasteiger partial charge on any atom is 0.288 e. The summed E-state index contributed by atoms with van der Waals surface area (Å²) in [6, 6.07) is 6.82. The number of fused-ring (bicyclic) bond motifs is 1. The molecule has 3 aromatic rings. The highest BCUT2D eigenvalue weighted by Gasteiger charge is 2.15. The normalized spacial score (nSPS) is 12.7. The van der Waals surface area contributed by atoms with E-state index < -0.39 is 10.8 Å². The second kappa shape index (κ2) is 5.22. The van der Waals surface area contributed by atoms with Crippen LogP contribution in [0.5, 0.6) is 0 Å². The minimum atomic E-state index is -1.41. The summed E-state index contributed by atoms with van der Waals surface area (Å²) in [5, 5.41) is 0.639. The van der Waals surface area contributed by atoms with Gasteiger partial charge in [0.15, 0.2) is 5.58 Å². The molecule has 0 saturated heterocycles. The van der Waals surface area contributed by atoms with E-state index in [0.29, 0.717) is 21.8 Å². The molecule has 0 spiro atoms. The molecule has 2 aromatic heterocycles. The van der Waals surface area contributed by atoms with Crippen LogP contribution in [0.3, 0.4) is 0 Å². The highest BCUT2D eigenvalue weighted by atomic mass is 35.5. The number of nitrogens with two attached hydrogens (primary N) is 1. The molecule has 102 valence electrons. The van der Waals surface area contributed by atoms with Crippen LogP contribution < -0.4 is 5.73 Å². The van der Waals surface area contributed by atoms with Gasteiger partial charge in [-0.05, 0) is 29.8 Å². The predicted octanol–water partition coefficient (Wildman–Crippen LogP) is 2.77. The molecule has 1 atom stereocenters. The molecule has 5 nitrogen and oxygen atoms in total. The number of nitrogens with zero attached hydrogens (tertiary/aromatic N) is 2. The maximum absolute atomic E-state index is 12.3. The number of rotatable bonds is 3. The van der Waals surface area contributed by atoms with Crippen LogP contribution in [0.2, 0.25) is 5.02 Å². The number of halogens is 1. The van der Waals surface area contributed by atoms with Gasteiger partial charge in [0.25, 0.3) is 5.22 Å². The quantitative estimate of drug-likeness (QED) is 0.752. The number of nitrogen functional groups attached to an aromatic ring is 1. The number of hydrogen-bond donors (Lipinski definition) is 1. The first kappa shape index (κ1) is 13.1. The van der Waals surface area contributed by atoms with Gasteiger partial charge in [-0.3, -0.25) is 4.98 Å². The van der Waals surface area contributed by atoms with E-state index in [2.05, 4.69) is 9.97 Å². The zero-order valence-corrected chi connectivity index (χ0v) is 11.8. The summed E-state index contributed by atoms with van der Waals surface area (Å²) in [7, 11) is -1.41. The molecule has 0 amide bonds. The SMILES string of the molecule is Nc1ccc2oc(S(=O)Cc3ccncc3Cl)nc2c1. The molecule has 0 bridgehead atoms. The Labute approximate surface area is 122 Å². The molecule has 0 aliphatic heterocycles. The van der Waals surface area contributed by atoms with E-state index in [1.807, 2.05) is 0 Å². The monoisotopic (exact) mass is 307 g/mol. The Morgan fingerprint density at radius 2 is 2.20 bits per heavy atom. The summed E-state index contributed by atoms with van der Waals surface area (Å²) in [5.74, 6) is 0.226. The third-order valence-corrected chi connectivity index (χ3v) is 4.21. The summed E-state index contributed by atoms with van der Waals surface area (Å²) < 4.78 is 17.7. The smallest absolute Gasteiger partial charge is 0.288 e. The number of aromatic nitrogens is 2. The molecule has 1 aromatic carbocycles. The van der Waals surface area contributed by atoms with E-state index >= 15 is 0 Å². The zero-order valence-electron chi connectivity index (χ0n) is 10.2. The van der Waals surface area contributed by atoms with E-state index in [1.165, 1.54) is 6.20 Å². The zero-order chi connectivity index (χ0) is 14.1. The number of hydrogen-bond acceptors (Lipinski definition) is 5. The molecule has 20 heavy (non-hydrogen) atoms. The van der Waals surface area contributed by atoms with Gasteiger partial charge in [0.1, 0.15) is 16.3 Å². The van der Waals surface area contributed by atoms with Gasteiger partial charge in [-0.15, -0.1) is 0 Å². The summed E-state index contributed by atoms with van der Waals surface area (Å²) in [6.07, 6.45) is 3.12. The summed E-state index contributed by atoms with van der Waals surface area (Å²) >= 11 is 5.99. The Morgan fingerprint density at radius 1 is 1.35 bits per heavy atom. The second-order valence-electron chi connectivity index (χ2n) is 4.16. The lowest BCUT2D eigenvalue weighted by atomic mass is 10.3. The van der Waals surface area contributed by atoms with Crippen LogP contribution in [0.15, 0.2) is 46.3 Å². The van der Waals surface area contributed by atoms with Gasteiger partial charge in [0.2, 0.25) is 0 Å². The van der Waals surface area contributed by atoms with Crippen LogP contribution in [0, 0.1) is 0 Å². The molecule has 1 unspecified atom stereocenters. The van der Waals surface area contributed by atoms with Crippen molar-refractivity contribution < 1.29 is 8.63 Å². The van der Waals surface area contributed by atoms with Crippen molar-refractivity contribution in [2.24, 2.45) is 0 Å². The third-order valence-electron chi connectivity index (χ3n) is 2.73. The minimum absolute atomic E-state index is 0.165. The Bertz CT molecular complexity index is 803. The predicted molar refractivity (Wildman–Crippen MR) is 77.8 cm³/mol. The van der Waals surface area contributed by atoms with E-state index in [-0.39, 0.29) is 11.0 Å². The first-order valence-corrected chi connectivity index (χ1v) is 7.46. The lowest BCUT2D eigenvalue weighted by molar-refractivity contribution is 0.477. The molecule has 0 fully saturated rings. The molecule has 3 rings (SSSR count). The summed E-state index contributed by atoms with van der Waals surface area (Å²) in [5.41, 5.74) is 8.14. The lowest BCUT2D eigenvalue weighted by Gasteiger charge is -2.00. The average Bonchev–Trinajstić information content (AvgIpc) is 2.84. The maximum atomic E-state index is 12.3. The first-order valence-electron chi connectivity index (χ1n) is 5.76. The largest absolute Gasteiger partial charge is 0.430 e.